The Balaban J connectivity index is 1.56. The molecule has 4 heteroatoms. The molecule has 15 heavy (non-hydrogen) atoms. The highest BCUT2D eigenvalue weighted by molar-refractivity contribution is 7.13. The van der Waals surface area contributed by atoms with Gasteiger partial charge in [-0.2, -0.15) is 0 Å². The summed E-state index contributed by atoms with van der Waals surface area (Å²) in [5.74, 6) is 0. The maximum absolute atomic E-state index is 4.45. The average Bonchev–Trinajstić information content (AvgIpc) is 2.84. The van der Waals surface area contributed by atoms with E-state index in [4.69, 9.17) is 0 Å². The van der Waals surface area contributed by atoms with Crippen LogP contribution in [0, 0.1) is 6.92 Å². The Kier molecular flexibility index (Phi) is 2.41. The van der Waals surface area contributed by atoms with Crippen molar-refractivity contribution in [3.8, 4) is 0 Å². The Bertz CT molecular complexity index is 345. The zero-order chi connectivity index (χ0) is 10.3. The molecule has 3 nitrogen and oxygen atoms in total. The van der Waals surface area contributed by atoms with Crippen LogP contribution in [-0.2, 0) is 0 Å². The second kappa shape index (κ2) is 3.76. The van der Waals surface area contributed by atoms with Crippen molar-refractivity contribution in [1.82, 2.24) is 9.88 Å². The molecule has 1 aliphatic carbocycles. The lowest BCUT2D eigenvalue weighted by Gasteiger charge is -2.15. The summed E-state index contributed by atoms with van der Waals surface area (Å²) < 4.78 is 0. The third-order valence-corrected chi connectivity index (χ3v) is 4.12. The Labute approximate surface area is 94.5 Å². The minimum absolute atomic E-state index is 0.621. The van der Waals surface area contributed by atoms with Crippen molar-refractivity contribution in [2.45, 2.75) is 38.3 Å². The van der Waals surface area contributed by atoms with Crippen LogP contribution in [0.2, 0.25) is 0 Å². The molecule has 1 aliphatic heterocycles. The van der Waals surface area contributed by atoms with E-state index in [0.717, 1.165) is 16.9 Å². The summed E-state index contributed by atoms with van der Waals surface area (Å²) in [6.07, 6.45) is 4.11. The van der Waals surface area contributed by atoms with Gasteiger partial charge >= 0.3 is 0 Å². The minimum Gasteiger partial charge on any atom is -0.357 e. The van der Waals surface area contributed by atoms with Gasteiger partial charge in [0.1, 0.15) is 0 Å². The third-order valence-electron chi connectivity index (χ3n) is 3.23. The molecule has 0 aromatic carbocycles. The summed E-state index contributed by atoms with van der Waals surface area (Å²) in [7, 11) is 0. The number of rotatable bonds is 3. The van der Waals surface area contributed by atoms with Crippen LogP contribution in [0.25, 0.3) is 0 Å². The SMILES string of the molecule is Cc1csc(NC2CCN(C3CC3)C2)n1. The molecule has 82 valence electrons. The van der Waals surface area contributed by atoms with E-state index in [1.165, 1.54) is 32.4 Å². The van der Waals surface area contributed by atoms with E-state index in [1.54, 1.807) is 11.3 Å². The quantitative estimate of drug-likeness (QED) is 0.850. The van der Waals surface area contributed by atoms with E-state index >= 15 is 0 Å². The van der Waals surface area contributed by atoms with Gasteiger partial charge in [0, 0.05) is 30.6 Å². The maximum atomic E-state index is 4.45. The lowest BCUT2D eigenvalue weighted by molar-refractivity contribution is 0.326. The first-order valence-electron chi connectivity index (χ1n) is 5.74. The Morgan fingerprint density at radius 3 is 3.00 bits per heavy atom. The molecule has 1 aromatic heterocycles. The van der Waals surface area contributed by atoms with E-state index in [-0.39, 0.29) is 0 Å². The zero-order valence-corrected chi connectivity index (χ0v) is 9.89. The number of thiazole rings is 1. The molecule has 1 saturated carbocycles. The van der Waals surface area contributed by atoms with Gasteiger partial charge in [0.2, 0.25) is 0 Å². The highest BCUT2D eigenvalue weighted by Gasteiger charge is 2.34. The lowest BCUT2D eigenvalue weighted by Crippen LogP contribution is -2.27. The van der Waals surface area contributed by atoms with Crippen LogP contribution in [0.15, 0.2) is 5.38 Å². The van der Waals surface area contributed by atoms with Gasteiger partial charge in [-0.1, -0.05) is 0 Å². The molecule has 0 amide bonds. The van der Waals surface area contributed by atoms with Gasteiger partial charge in [0.05, 0.1) is 5.69 Å². The maximum Gasteiger partial charge on any atom is 0.183 e. The monoisotopic (exact) mass is 223 g/mol. The number of nitrogens with zero attached hydrogens (tertiary/aromatic N) is 2. The fourth-order valence-corrected chi connectivity index (χ4v) is 3.04. The number of hydrogen-bond acceptors (Lipinski definition) is 4. The van der Waals surface area contributed by atoms with Gasteiger partial charge < -0.3 is 5.32 Å². The molecule has 3 rings (SSSR count). The number of likely N-dealkylation sites (tertiary alicyclic amines) is 1. The minimum atomic E-state index is 0.621. The molecule has 0 bridgehead atoms. The molecule has 2 heterocycles. The van der Waals surface area contributed by atoms with Crippen molar-refractivity contribution in [3.05, 3.63) is 11.1 Å². The van der Waals surface area contributed by atoms with Crippen molar-refractivity contribution in [2.24, 2.45) is 0 Å². The van der Waals surface area contributed by atoms with Gasteiger partial charge in [-0.25, -0.2) is 4.98 Å². The first kappa shape index (κ1) is 9.60. The Hall–Kier alpha value is -0.610. The second-order valence-corrected chi connectivity index (χ2v) is 5.51. The summed E-state index contributed by atoms with van der Waals surface area (Å²) in [6, 6.07) is 1.53. The zero-order valence-electron chi connectivity index (χ0n) is 9.07. The smallest absolute Gasteiger partial charge is 0.183 e. The Morgan fingerprint density at radius 1 is 1.47 bits per heavy atom. The summed E-state index contributed by atoms with van der Waals surface area (Å²) in [6.45, 7) is 4.53. The van der Waals surface area contributed by atoms with E-state index in [2.05, 4.69) is 20.6 Å². The highest BCUT2D eigenvalue weighted by atomic mass is 32.1. The van der Waals surface area contributed by atoms with Gasteiger partial charge in [-0.15, -0.1) is 11.3 Å². The standard InChI is InChI=1S/C11H17N3S/c1-8-7-15-11(12-8)13-9-4-5-14(6-9)10-2-3-10/h7,9-10H,2-6H2,1H3,(H,12,13). The number of nitrogens with one attached hydrogen (secondary N) is 1. The molecule has 1 N–H and O–H groups in total. The molecule has 1 atom stereocenters. The molecule has 2 aliphatic rings. The van der Waals surface area contributed by atoms with Crippen molar-refractivity contribution in [1.29, 1.82) is 0 Å². The molecule has 1 unspecified atom stereocenters. The lowest BCUT2D eigenvalue weighted by atomic mass is 10.3. The molecule has 0 radical (unpaired) electrons. The van der Waals surface area contributed by atoms with E-state index in [1.807, 2.05) is 6.92 Å². The predicted molar refractivity (Wildman–Crippen MR) is 63.5 cm³/mol. The fourth-order valence-electron chi connectivity index (χ4n) is 2.27. The molecule has 1 saturated heterocycles. The largest absolute Gasteiger partial charge is 0.357 e. The van der Waals surface area contributed by atoms with Crippen LogP contribution in [-0.4, -0.2) is 35.1 Å². The van der Waals surface area contributed by atoms with Crippen molar-refractivity contribution >= 4 is 16.5 Å². The summed E-state index contributed by atoms with van der Waals surface area (Å²) in [4.78, 5) is 7.07. The molecule has 0 spiro atoms. The molecular formula is C11H17N3S. The summed E-state index contributed by atoms with van der Waals surface area (Å²) in [5, 5.41) is 6.74. The number of anilines is 1. The van der Waals surface area contributed by atoms with Crippen LogP contribution in [0.4, 0.5) is 5.13 Å². The van der Waals surface area contributed by atoms with Gasteiger partial charge in [-0.05, 0) is 26.2 Å². The highest BCUT2D eigenvalue weighted by Crippen LogP contribution is 2.30. The molecular weight excluding hydrogens is 206 g/mol. The second-order valence-electron chi connectivity index (χ2n) is 4.65. The van der Waals surface area contributed by atoms with Crippen molar-refractivity contribution < 1.29 is 0 Å². The van der Waals surface area contributed by atoms with Gasteiger partial charge in [-0.3, -0.25) is 4.90 Å². The normalized spacial score (nSPS) is 27.1. The summed E-state index contributed by atoms with van der Waals surface area (Å²) >= 11 is 1.72. The van der Waals surface area contributed by atoms with Crippen LogP contribution < -0.4 is 5.32 Å². The van der Waals surface area contributed by atoms with E-state index in [0.29, 0.717) is 6.04 Å². The van der Waals surface area contributed by atoms with Gasteiger partial charge in [0.15, 0.2) is 5.13 Å². The third kappa shape index (κ3) is 2.16. The number of aromatic nitrogens is 1. The Morgan fingerprint density at radius 2 is 2.33 bits per heavy atom. The van der Waals surface area contributed by atoms with Crippen LogP contribution in [0.5, 0.6) is 0 Å². The van der Waals surface area contributed by atoms with Gasteiger partial charge in [0.25, 0.3) is 0 Å². The predicted octanol–water partition coefficient (Wildman–Crippen LogP) is 2.10. The van der Waals surface area contributed by atoms with Crippen molar-refractivity contribution in [2.75, 3.05) is 18.4 Å². The molecule has 2 fully saturated rings. The van der Waals surface area contributed by atoms with Crippen LogP contribution in [0.3, 0.4) is 0 Å². The number of aryl methyl sites for hydroxylation is 1. The average molecular weight is 223 g/mol. The van der Waals surface area contributed by atoms with Crippen molar-refractivity contribution in [3.63, 3.8) is 0 Å². The van der Waals surface area contributed by atoms with E-state index in [9.17, 15) is 0 Å². The van der Waals surface area contributed by atoms with E-state index < -0.39 is 0 Å². The fraction of sp³-hybridized carbons (Fsp3) is 0.727. The number of hydrogen-bond donors (Lipinski definition) is 1. The first-order chi connectivity index (χ1) is 7.31. The molecule has 1 aromatic rings. The van der Waals surface area contributed by atoms with Crippen LogP contribution >= 0.6 is 11.3 Å². The van der Waals surface area contributed by atoms with Crippen LogP contribution in [0.1, 0.15) is 25.0 Å². The topological polar surface area (TPSA) is 28.2 Å². The first-order valence-corrected chi connectivity index (χ1v) is 6.62. The summed E-state index contributed by atoms with van der Waals surface area (Å²) in [5.41, 5.74) is 1.12.